The van der Waals surface area contributed by atoms with Crippen LogP contribution in [0, 0.1) is 5.92 Å². The number of carbonyl (C=O) groups is 1. The number of aliphatic imine (C=N–C) groups is 1. The van der Waals surface area contributed by atoms with E-state index in [0.717, 1.165) is 62.0 Å². The number of nitrogens with zero attached hydrogens (tertiary/aromatic N) is 1. The molecule has 0 heterocycles. The second kappa shape index (κ2) is 14.5. The summed E-state index contributed by atoms with van der Waals surface area (Å²) in [5, 5.41) is 6.69. The van der Waals surface area contributed by atoms with Crippen LogP contribution in [0.3, 0.4) is 0 Å². The van der Waals surface area contributed by atoms with Crippen molar-refractivity contribution in [2.24, 2.45) is 10.9 Å². The van der Waals surface area contributed by atoms with Crippen LogP contribution in [0.15, 0.2) is 29.3 Å². The van der Waals surface area contributed by atoms with Crippen molar-refractivity contribution >= 4 is 35.9 Å². The summed E-state index contributed by atoms with van der Waals surface area (Å²) >= 11 is 0. The minimum atomic E-state index is -0.126. The summed E-state index contributed by atoms with van der Waals surface area (Å²) in [6, 6.07) is 8.16. The Kier molecular flexibility index (Phi) is 12.7. The minimum absolute atomic E-state index is 0. The zero-order chi connectivity index (χ0) is 19.3. The van der Waals surface area contributed by atoms with E-state index in [1.165, 1.54) is 20.0 Å². The number of carbonyl (C=O) groups excluding carboxylic acids is 1. The molecule has 0 unspecified atom stereocenters. The third-order valence-corrected chi connectivity index (χ3v) is 4.64. The number of unbranched alkanes of at least 4 members (excludes halogenated alkanes) is 3. The summed E-state index contributed by atoms with van der Waals surface area (Å²) in [6.45, 7) is 2.36. The van der Waals surface area contributed by atoms with Crippen molar-refractivity contribution in [1.29, 1.82) is 0 Å². The zero-order valence-corrected chi connectivity index (χ0v) is 19.4. The molecular weight excluding hydrogens is 469 g/mol. The maximum atomic E-state index is 11.1. The van der Waals surface area contributed by atoms with Crippen LogP contribution in [-0.4, -0.2) is 39.2 Å². The van der Waals surface area contributed by atoms with E-state index in [-0.39, 0.29) is 29.9 Å². The van der Waals surface area contributed by atoms with Gasteiger partial charge in [0.2, 0.25) is 0 Å². The van der Waals surface area contributed by atoms with Gasteiger partial charge in [0, 0.05) is 32.1 Å². The summed E-state index contributed by atoms with van der Waals surface area (Å²) in [6.07, 6.45) is 7.14. The number of hydrogen-bond donors (Lipinski definition) is 2. The van der Waals surface area contributed by atoms with E-state index in [0.29, 0.717) is 13.0 Å². The van der Waals surface area contributed by atoms with Crippen LogP contribution >= 0.6 is 24.0 Å². The van der Waals surface area contributed by atoms with Crippen LogP contribution in [-0.2, 0) is 16.1 Å². The van der Waals surface area contributed by atoms with Gasteiger partial charge in [-0.3, -0.25) is 9.79 Å². The summed E-state index contributed by atoms with van der Waals surface area (Å²) in [5.74, 6) is 2.37. The molecule has 0 saturated heterocycles. The molecule has 1 aromatic rings. The minimum Gasteiger partial charge on any atom is -0.493 e. The lowest BCUT2D eigenvalue weighted by atomic mass is 10.1. The number of methoxy groups -OCH3 is 1. The molecule has 1 aliphatic carbocycles. The predicted octanol–water partition coefficient (Wildman–Crippen LogP) is 3.88. The van der Waals surface area contributed by atoms with Gasteiger partial charge in [-0.2, -0.15) is 0 Å². The number of hydrogen-bond acceptors (Lipinski definition) is 4. The Morgan fingerprint density at radius 1 is 1.14 bits per heavy atom. The molecule has 1 aromatic carbocycles. The van der Waals surface area contributed by atoms with Gasteiger partial charge in [0.25, 0.3) is 0 Å². The number of ether oxygens (including phenoxy) is 2. The number of guanidine groups is 1. The lowest BCUT2D eigenvalue weighted by molar-refractivity contribution is -0.140. The molecule has 6 nitrogen and oxygen atoms in total. The predicted molar refractivity (Wildman–Crippen MR) is 123 cm³/mol. The van der Waals surface area contributed by atoms with Crippen LogP contribution in [0.25, 0.3) is 0 Å². The van der Waals surface area contributed by atoms with Gasteiger partial charge in [0.15, 0.2) is 5.96 Å². The van der Waals surface area contributed by atoms with E-state index in [1.54, 1.807) is 7.05 Å². The van der Waals surface area contributed by atoms with Crippen molar-refractivity contribution < 1.29 is 14.3 Å². The highest BCUT2D eigenvalue weighted by atomic mass is 127. The largest absolute Gasteiger partial charge is 0.493 e. The Labute approximate surface area is 185 Å². The number of benzene rings is 1. The summed E-state index contributed by atoms with van der Waals surface area (Å²) in [7, 11) is 3.21. The molecule has 0 amide bonds. The Morgan fingerprint density at radius 2 is 1.89 bits per heavy atom. The maximum Gasteiger partial charge on any atom is 0.305 e. The first kappa shape index (κ1) is 24.5. The SMILES string of the molecule is CN=C(NCCCCCCC(=O)OC)NCc1ccccc1OCC1CC1.I. The van der Waals surface area contributed by atoms with Gasteiger partial charge >= 0.3 is 5.97 Å². The van der Waals surface area contributed by atoms with Crippen LogP contribution in [0.5, 0.6) is 5.75 Å². The van der Waals surface area contributed by atoms with Gasteiger partial charge in [-0.1, -0.05) is 31.0 Å². The number of halogens is 1. The summed E-state index contributed by atoms with van der Waals surface area (Å²) < 4.78 is 10.6. The van der Waals surface area contributed by atoms with E-state index in [2.05, 4.69) is 26.4 Å². The Morgan fingerprint density at radius 3 is 2.61 bits per heavy atom. The fraction of sp³-hybridized carbons (Fsp3) is 0.619. The van der Waals surface area contributed by atoms with Crippen LogP contribution in [0.4, 0.5) is 0 Å². The van der Waals surface area contributed by atoms with E-state index in [1.807, 2.05) is 18.2 Å². The normalized spacial score (nSPS) is 13.4. The van der Waals surface area contributed by atoms with E-state index < -0.39 is 0 Å². The smallest absolute Gasteiger partial charge is 0.305 e. The van der Waals surface area contributed by atoms with E-state index in [4.69, 9.17) is 4.74 Å². The Bertz CT molecular complexity index is 606. The lowest BCUT2D eigenvalue weighted by Crippen LogP contribution is -2.37. The van der Waals surface area contributed by atoms with Crippen LogP contribution < -0.4 is 15.4 Å². The fourth-order valence-corrected chi connectivity index (χ4v) is 2.74. The van der Waals surface area contributed by atoms with Gasteiger partial charge < -0.3 is 20.1 Å². The standard InChI is InChI=1S/C21H33N3O3.HI/c1-22-21(23-14-8-4-3-5-11-20(25)26-2)24-15-18-9-6-7-10-19(18)27-16-17-12-13-17;/h6-7,9-10,17H,3-5,8,11-16H2,1-2H3,(H2,22,23,24);1H. The highest BCUT2D eigenvalue weighted by Gasteiger charge is 2.22. The molecule has 1 fully saturated rings. The monoisotopic (exact) mass is 503 g/mol. The van der Waals surface area contributed by atoms with Gasteiger partial charge in [0.1, 0.15) is 5.75 Å². The van der Waals surface area contributed by atoms with Gasteiger partial charge in [-0.15, -0.1) is 24.0 Å². The van der Waals surface area contributed by atoms with Crippen molar-refractivity contribution in [3.63, 3.8) is 0 Å². The molecule has 0 bridgehead atoms. The highest BCUT2D eigenvalue weighted by Crippen LogP contribution is 2.30. The van der Waals surface area contributed by atoms with Gasteiger partial charge in [0.05, 0.1) is 13.7 Å². The number of para-hydroxylation sites is 1. The van der Waals surface area contributed by atoms with Crippen molar-refractivity contribution in [2.45, 2.75) is 51.5 Å². The third kappa shape index (κ3) is 10.1. The van der Waals surface area contributed by atoms with Gasteiger partial charge in [-0.25, -0.2) is 0 Å². The van der Waals surface area contributed by atoms with Crippen molar-refractivity contribution in [3.8, 4) is 5.75 Å². The first-order valence-electron chi connectivity index (χ1n) is 9.95. The van der Waals surface area contributed by atoms with E-state index >= 15 is 0 Å². The molecule has 0 aliphatic heterocycles. The first-order chi connectivity index (χ1) is 13.2. The Balaban J connectivity index is 0.00000392. The molecule has 7 heteroatoms. The molecule has 0 atom stereocenters. The van der Waals surface area contributed by atoms with Crippen molar-refractivity contribution in [3.05, 3.63) is 29.8 Å². The average molecular weight is 503 g/mol. The molecule has 158 valence electrons. The molecular formula is C21H34IN3O3. The molecule has 0 radical (unpaired) electrons. The second-order valence-corrected chi connectivity index (χ2v) is 6.95. The Hall–Kier alpha value is -1.51. The molecule has 2 N–H and O–H groups in total. The summed E-state index contributed by atoms with van der Waals surface area (Å²) in [4.78, 5) is 15.3. The average Bonchev–Trinajstić information content (AvgIpc) is 3.52. The third-order valence-electron chi connectivity index (χ3n) is 4.64. The first-order valence-corrected chi connectivity index (χ1v) is 9.95. The summed E-state index contributed by atoms with van der Waals surface area (Å²) in [5.41, 5.74) is 1.14. The molecule has 0 aromatic heterocycles. The number of rotatable bonds is 12. The number of esters is 1. The molecule has 1 saturated carbocycles. The molecule has 2 rings (SSSR count). The molecule has 1 aliphatic rings. The fourth-order valence-electron chi connectivity index (χ4n) is 2.74. The lowest BCUT2D eigenvalue weighted by Gasteiger charge is -2.14. The maximum absolute atomic E-state index is 11.1. The van der Waals surface area contributed by atoms with Gasteiger partial charge in [-0.05, 0) is 37.7 Å². The van der Waals surface area contributed by atoms with Crippen LogP contribution in [0.2, 0.25) is 0 Å². The number of nitrogens with one attached hydrogen (secondary N) is 2. The molecule has 28 heavy (non-hydrogen) atoms. The van der Waals surface area contributed by atoms with Crippen molar-refractivity contribution in [1.82, 2.24) is 10.6 Å². The molecule has 0 spiro atoms. The quantitative estimate of drug-likeness (QED) is 0.149. The second-order valence-electron chi connectivity index (χ2n) is 6.95. The van der Waals surface area contributed by atoms with Crippen molar-refractivity contribution in [2.75, 3.05) is 27.3 Å². The highest BCUT2D eigenvalue weighted by molar-refractivity contribution is 14.0. The van der Waals surface area contributed by atoms with E-state index in [9.17, 15) is 4.79 Å². The van der Waals surface area contributed by atoms with Crippen LogP contribution in [0.1, 0.15) is 50.5 Å². The zero-order valence-electron chi connectivity index (χ0n) is 17.0. The topological polar surface area (TPSA) is 72.0 Å².